The zero-order chi connectivity index (χ0) is 20.4. The summed E-state index contributed by atoms with van der Waals surface area (Å²) in [6.45, 7) is 6.58. The molecule has 0 radical (unpaired) electrons. The van der Waals surface area contributed by atoms with Crippen molar-refractivity contribution in [2.24, 2.45) is 0 Å². The summed E-state index contributed by atoms with van der Waals surface area (Å²) in [5, 5.41) is 0. The molecule has 2 aromatic rings. The molecule has 0 aromatic heterocycles. The van der Waals surface area contributed by atoms with Gasteiger partial charge in [-0.25, -0.2) is 0 Å². The van der Waals surface area contributed by atoms with Crippen molar-refractivity contribution in [3.05, 3.63) is 59.7 Å². The third-order valence-electron chi connectivity index (χ3n) is 5.44. The number of hydrogen-bond donors (Lipinski definition) is 0. The van der Waals surface area contributed by atoms with Crippen LogP contribution >= 0.6 is 0 Å². The van der Waals surface area contributed by atoms with Crippen molar-refractivity contribution >= 4 is 17.5 Å². The third-order valence-corrected chi connectivity index (χ3v) is 5.44. The first-order valence-corrected chi connectivity index (χ1v) is 10.1. The molecular weight excluding hydrogens is 368 g/mol. The molecule has 6 heteroatoms. The highest BCUT2D eigenvalue weighted by Crippen LogP contribution is 2.34. The summed E-state index contributed by atoms with van der Waals surface area (Å²) in [7, 11) is 0. The van der Waals surface area contributed by atoms with Crippen molar-refractivity contribution in [3.8, 4) is 5.75 Å². The molecular formula is C23H26N2O4. The monoisotopic (exact) mass is 394 g/mol. The molecule has 6 nitrogen and oxygen atoms in total. The Morgan fingerprint density at radius 1 is 1.00 bits per heavy atom. The zero-order valence-electron chi connectivity index (χ0n) is 16.8. The molecule has 0 aliphatic carbocycles. The highest BCUT2D eigenvalue weighted by atomic mass is 16.5. The third kappa shape index (κ3) is 3.98. The van der Waals surface area contributed by atoms with Crippen molar-refractivity contribution in [2.45, 2.75) is 25.9 Å². The van der Waals surface area contributed by atoms with Gasteiger partial charge in [-0.2, -0.15) is 0 Å². The molecule has 2 aliphatic rings. The van der Waals surface area contributed by atoms with Gasteiger partial charge in [0.1, 0.15) is 5.75 Å². The highest BCUT2D eigenvalue weighted by molar-refractivity contribution is 6.07. The molecule has 4 rings (SSSR count). The van der Waals surface area contributed by atoms with Gasteiger partial charge in [-0.1, -0.05) is 38.1 Å². The predicted octanol–water partition coefficient (Wildman–Crippen LogP) is 3.08. The van der Waals surface area contributed by atoms with E-state index in [9.17, 15) is 9.59 Å². The van der Waals surface area contributed by atoms with Gasteiger partial charge in [0.05, 0.1) is 25.4 Å². The van der Waals surface area contributed by atoms with E-state index in [1.54, 1.807) is 15.9 Å². The number of amides is 2. The van der Waals surface area contributed by atoms with Gasteiger partial charge in [0.2, 0.25) is 0 Å². The predicted molar refractivity (Wildman–Crippen MR) is 110 cm³/mol. The second kappa shape index (κ2) is 8.25. The van der Waals surface area contributed by atoms with Gasteiger partial charge in [0.15, 0.2) is 6.10 Å². The fourth-order valence-electron chi connectivity index (χ4n) is 3.71. The second-order valence-electron chi connectivity index (χ2n) is 7.70. The van der Waals surface area contributed by atoms with Crippen LogP contribution in [-0.2, 0) is 9.53 Å². The summed E-state index contributed by atoms with van der Waals surface area (Å²) in [6.07, 6.45) is -0.720. The molecule has 1 atom stereocenters. The van der Waals surface area contributed by atoms with E-state index in [0.29, 0.717) is 49.2 Å². The van der Waals surface area contributed by atoms with Crippen LogP contribution in [0.5, 0.6) is 5.75 Å². The lowest BCUT2D eigenvalue weighted by molar-refractivity contribution is -0.142. The van der Waals surface area contributed by atoms with E-state index >= 15 is 0 Å². The minimum absolute atomic E-state index is 0.101. The molecule has 0 spiro atoms. The molecule has 2 aromatic carbocycles. The minimum atomic E-state index is -0.720. The van der Waals surface area contributed by atoms with E-state index in [1.807, 2.05) is 42.5 Å². The van der Waals surface area contributed by atoms with Gasteiger partial charge in [0, 0.05) is 18.7 Å². The molecule has 0 N–H and O–H groups in total. The Kier molecular flexibility index (Phi) is 5.53. The number of nitrogens with zero attached hydrogens (tertiary/aromatic N) is 2. The Morgan fingerprint density at radius 3 is 2.38 bits per heavy atom. The number of ether oxygens (including phenoxy) is 2. The van der Waals surface area contributed by atoms with Crippen LogP contribution < -0.4 is 9.64 Å². The van der Waals surface area contributed by atoms with Crippen LogP contribution in [0.2, 0.25) is 0 Å². The van der Waals surface area contributed by atoms with Gasteiger partial charge >= 0.3 is 0 Å². The van der Waals surface area contributed by atoms with Crippen molar-refractivity contribution in [1.29, 1.82) is 0 Å². The maximum atomic E-state index is 13.3. The number of morpholine rings is 1. The molecule has 0 saturated carbocycles. The van der Waals surface area contributed by atoms with E-state index in [0.717, 1.165) is 0 Å². The standard InChI is InChI=1S/C23H26N2O4/c1-16(2)17-7-9-18(10-8-17)22(26)25-15-21(23(27)24-11-13-28-14-12-24)29-20-6-4-3-5-19(20)25/h3-10,16,21H,11-15H2,1-2H3/t21-/m0/s1. The first-order chi connectivity index (χ1) is 14.0. The average molecular weight is 394 g/mol. The molecule has 1 saturated heterocycles. The molecule has 1 fully saturated rings. The van der Waals surface area contributed by atoms with E-state index in [-0.39, 0.29) is 18.4 Å². The summed E-state index contributed by atoms with van der Waals surface area (Å²) >= 11 is 0. The number of hydrogen-bond acceptors (Lipinski definition) is 4. The maximum absolute atomic E-state index is 13.3. The molecule has 2 heterocycles. The van der Waals surface area contributed by atoms with Gasteiger partial charge in [0.25, 0.3) is 11.8 Å². The highest BCUT2D eigenvalue weighted by Gasteiger charge is 2.36. The Labute approximate surface area is 171 Å². The van der Waals surface area contributed by atoms with Gasteiger partial charge in [-0.3, -0.25) is 9.59 Å². The number of carbonyl (C=O) groups excluding carboxylic acids is 2. The van der Waals surface area contributed by atoms with Crippen molar-refractivity contribution in [2.75, 3.05) is 37.7 Å². The molecule has 152 valence electrons. The Morgan fingerprint density at radius 2 is 1.69 bits per heavy atom. The molecule has 0 unspecified atom stereocenters. The largest absolute Gasteiger partial charge is 0.476 e. The minimum Gasteiger partial charge on any atom is -0.476 e. The van der Waals surface area contributed by atoms with E-state index in [2.05, 4.69) is 13.8 Å². The lowest BCUT2D eigenvalue weighted by atomic mass is 10.0. The number of rotatable bonds is 3. The molecule has 29 heavy (non-hydrogen) atoms. The average Bonchev–Trinajstić information content (AvgIpc) is 2.78. The van der Waals surface area contributed by atoms with Gasteiger partial charge < -0.3 is 19.3 Å². The Balaban J connectivity index is 1.60. The van der Waals surface area contributed by atoms with Crippen LogP contribution in [0.4, 0.5) is 5.69 Å². The lowest BCUT2D eigenvalue weighted by Gasteiger charge is -2.37. The Hall–Kier alpha value is -2.86. The van der Waals surface area contributed by atoms with Crippen LogP contribution in [0.3, 0.4) is 0 Å². The summed E-state index contributed by atoms with van der Waals surface area (Å²) in [4.78, 5) is 29.7. The lowest BCUT2D eigenvalue weighted by Crippen LogP contribution is -2.54. The van der Waals surface area contributed by atoms with E-state index in [4.69, 9.17) is 9.47 Å². The topological polar surface area (TPSA) is 59.1 Å². The molecule has 2 amide bonds. The first kappa shape index (κ1) is 19.5. The molecule has 2 aliphatic heterocycles. The second-order valence-corrected chi connectivity index (χ2v) is 7.70. The number of fused-ring (bicyclic) bond motifs is 1. The smallest absolute Gasteiger partial charge is 0.265 e. The number of carbonyl (C=O) groups is 2. The fourth-order valence-corrected chi connectivity index (χ4v) is 3.71. The van der Waals surface area contributed by atoms with Crippen LogP contribution in [0.15, 0.2) is 48.5 Å². The van der Waals surface area contributed by atoms with Crippen LogP contribution in [0.25, 0.3) is 0 Å². The van der Waals surface area contributed by atoms with Crippen molar-refractivity contribution < 1.29 is 19.1 Å². The quantitative estimate of drug-likeness (QED) is 0.803. The summed E-state index contributed by atoms with van der Waals surface area (Å²) in [5.41, 5.74) is 2.48. The fraction of sp³-hybridized carbons (Fsp3) is 0.391. The number of anilines is 1. The van der Waals surface area contributed by atoms with Crippen molar-refractivity contribution in [1.82, 2.24) is 4.90 Å². The normalized spacial score (nSPS) is 18.9. The first-order valence-electron chi connectivity index (χ1n) is 10.1. The summed E-state index contributed by atoms with van der Waals surface area (Å²) in [5.74, 6) is 0.725. The van der Waals surface area contributed by atoms with Gasteiger partial charge in [-0.15, -0.1) is 0 Å². The SMILES string of the molecule is CC(C)c1ccc(C(=O)N2C[C@@H](C(=O)N3CCOCC3)Oc3ccccc32)cc1. The van der Waals surface area contributed by atoms with Crippen molar-refractivity contribution in [3.63, 3.8) is 0 Å². The van der Waals surface area contributed by atoms with E-state index < -0.39 is 6.10 Å². The summed E-state index contributed by atoms with van der Waals surface area (Å²) < 4.78 is 11.3. The van der Waals surface area contributed by atoms with E-state index in [1.165, 1.54) is 5.56 Å². The maximum Gasteiger partial charge on any atom is 0.265 e. The van der Waals surface area contributed by atoms with Crippen LogP contribution in [-0.4, -0.2) is 55.7 Å². The van der Waals surface area contributed by atoms with Gasteiger partial charge in [-0.05, 0) is 35.7 Å². The molecule has 0 bridgehead atoms. The number of para-hydroxylation sites is 2. The summed E-state index contributed by atoms with van der Waals surface area (Å²) in [6, 6.07) is 15.1. The number of benzene rings is 2. The van der Waals surface area contributed by atoms with Crippen LogP contribution in [0, 0.1) is 0 Å². The van der Waals surface area contributed by atoms with Crippen LogP contribution in [0.1, 0.15) is 35.7 Å². The Bertz CT molecular complexity index is 888. The zero-order valence-corrected chi connectivity index (χ0v) is 16.8.